The van der Waals surface area contributed by atoms with Gasteiger partial charge in [0, 0.05) is 39.3 Å². The van der Waals surface area contributed by atoms with Crippen LogP contribution in [0.2, 0.25) is 0 Å². The van der Waals surface area contributed by atoms with Crippen molar-refractivity contribution in [2.75, 3.05) is 45.9 Å². The van der Waals surface area contributed by atoms with E-state index in [0.29, 0.717) is 6.54 Å². The molecule has 3 fully saturated rings. The van der Waals surface area contributed by atoms with Crippen LogP contribution in [0, 0.1) is 5.92 Å². The smallest absolute Gasteiger partial charge is 0.194 e. The summed E-state index contributed by atoms with van der Waals surface area (Å²) < 4.78 is 11.9. The molecule has 0 radical (unpaired) electrons. The van der Waals surface area contributed by atoms with Crippen molar-refractivity contribution in [2.24, 2.45) is 10.9 Å². The summed E-state index contributed by atoms with van der Waals surface area (Å²) in [6.07, 6.45) is 5.31. The van der Waals surface area contributed by atoms with Gasteiger partial charge in [0.2, 0.25) is 0 Å². The first-order valence-electron chi connectivity index (χ1n) is 12.3. The molecule has 172 valence electrons. The molecule has 1 aromatic carbocycles. The SMILES string of the molecule is CCNC(=NCc1ccccc1CN1CCCC(C)C1)N1CCOC(C2CCCO2)C1. The van der Waals surface area contributed by atoms with Gasteiger partial charge in [0.15, 0.2) is 5.96 Å². The van der Waals surface area contributed by atoms with Crippen molar-refractivity contribution in [1.82, 2.24) is 15.1 Å². The highest BCUT2D eigenvalue weighted by Crippen LogP contribution is 2.22. The van der Waals surface area contributed by atoms with E-state index in [0.717, 1.165) is 64.1 Å². The zero-order valence-corrected chi connectivity index (χ0v) is 19.4. The van der Waals surface area contributed by atoms with Gasteiger partial charge in [-0.2, -0.15) is 0 Å². The summed E-state index contributed by atoms with van der Waals surface area (Å²) in [6, 6.07) is 8.82. The molecule has 3 heterocycles. The lowest BCUT2D eigenvalue weighted by Gasteiger charge is -2.37. The number of hydrogen-bond donors (Lipinski definition) is 1. The van der Waals surface area contributed by atoms with Crippen molar-refractivity contribution in [3.05, 3.63) is 35.4 Å². The van der Waals surface area contributed by atoms with Crippen LogP contribution in [0.5, 0.6) is 0 Å². The normalized spacial score (nSPS) is 28.1. The molecule has 0 spiro atoms. The molecule has 0 aliphatic carbocycles. The number of morpholine rings is 1. The average Bonchev–Trinajstić information content (AvgIpc) is 3.33. The van der Waals surface area contributed by atoms with Crippen molar-refractivity contribution >= 4 is 5.96 Å². The van der Waals surface area contributed by atoms with E-state index in [4.69, 9.17) is 14.5 Å². The molecule has 1 aromatic rings. The van der Waals surface area contributed by atoms with E-state index in [1.54, 1.807) is 0 Å². The third kappa shape index (κ3) is 6.21. The standard InChI is InChI=1S/C25H40N4O2/c1-3-26-25(29-13-15-31-24(19-29)23-11-7-14-30-23)27-16-21-9-4-5-10-22(21)18-28-12-6-8-20(2)17-28/h4-5,9-10,20,23-24H,3,6-8,11-19H2,1-2H3,(H,26,27). The van der Waals surface area contributed by atoms with Crippen LogP contribution in [0.25, 0.3) is 0 Å². The van der Waals surface area contributed by atoms with Crippen LogP contribution >= 0.6 is 0 Å². The van der Waals surface area contributed by atoms with Gasteiger partial charge in [0.1, 0.15) is 6.10 Å². The van der Waals surface area contributed by atoms with Crippen LogP contribution in [-0.2, 0) is 22.6 Å². The Balaban J connectivity index is 1.42. The molecular formula is C25H40N4O2. The Hall–Kier alpha value is -1.63. The van der Waals surface area contributed by atoms with Crippen molar-refractivity contribution in [3.8, 4) is 0 Å². The zero-order valence-electron chi connectivity index (χ0n) is 19.4. The van der Waals surface area contributed by atoms with Gasteiger partial charge >= 0.3 is 0 Å². The van der Waals surface area contributed by atoms with E-state index in [1.165, 1.54) is 37.1 Å². The molecule has 3 saturated heterocycles. The second kappa shape index (κ2) is 11.3. The van der Waals surface area contributed by atoms with E-state index in [2.05, 4.69) is 53.2 Å². The minimum atomic E-state index is 0.147. The summed E-state index contributed by atoms with van der Waals surface area (Å²) in [7, 11) is 0. The molecule has 6 nitrogen and oxygen atoms in total. The molecular weight excluding hydrogens is 388 g/mol. The topological polar surface area (TPSA) is 49.3 Å². The first-order chi connectivity index (χ1) is 15.2. The van der Waals surface area contributed by atoms with Gasteiger partial charge in [0.05, 0.1) is 19.3 Å². The third-order valence-corrected chi connectivity index (χ3v) is 6.76. The average molecular weight is 429 g/mol. The second-order valence-electron chi connectivity index (χ2n) is 9.33. The number of guanidine groups is 1. The predicted molar refractivity (Wildman–Crippen MR) is 125 cm³/mol. The summed E-state index contributed by atoms with van der Waals surface area (Å²) in [5.41, 5.74) is 2.75. The maximum absolute atomic E-state index is 6.04. The van der Waals surface area contributed by atoms with Gasteiger partial charge < -0.3 is 19.7 Å². The first-order valence-corrected chi connectivity index (χ1v) is 12.3. The lowest BCUT2D eigenvalue weighted by molar-refractivity contribution is -0.0817. The number of hydrogen-bond acceptors (Lipinski definition) is 4. The Morgan fingerprint density at radius 3 is 2.65 bits per heavy atom. The Bertz CT molecular complexity index is 719. The van der Waals surface area contributed by atoms with Crippen molar-refractivity contribution in [2.45, 2.75) is 64.8 Å². The summed E-state index contributed by atoms with van der Waals surface area (Å²) in [5.74, 6) is 1.80. The van der Waals surface area contributed by atoms with E-state index in [-0.39, 0.29) is 12.2 Å². The summed E-state index contributed by atoms with van der Waals surface area (Å²) >= 11 is 0. The lowest BCUT2D eigenvalue weighted by atomic mass is 9.99. The molecule has 0 aromatic heterocycles. The number of aliphatic imine (C=N–C) groups is 1. The van der Waals surface area contributed by atoms with Gasteiger partial charge in [-0.3, -0.25) is 4.90 Å². The predicted octanol–water partition coefficient (Wildman–Crippen LogP) is 3.26. The van der Waals surface area contributed by atoms with Crippen molar-refractivity contribution < 1.29 is 9.47 Å². The van der Waals surface area contributed by atoms with Crippen molar-refractivity contribution in [3.63, 3.8) is 0 Å². The molecule has 3 aliphatic rings. The van der Waals surface area contributed by atoms with Gasteiger partial charge in [-0.05, 0) is 56.2 Å². The van der Waals surface area contributed by atoms with Gasteiger partial charge in [0.25, 0.3) is 0 Å². The fraction of sp³-hybridized carbons (Fsp3) is 0.720. The van der Waals surface area contributed by atoms with E-state index in [9.17, 15) is 0 Å². The summed E-state index contributed by atoms with van der Waals surface area (Å²) in [4.78, 5) is 10.0. The quantitative estimate of drug-likeness (QED) is 0.557. The maximum atomic E-state index is 6.04. The fourth-order valence-electron chi connectivity index (χ4n) is 5.11. The molecule has 3 atom stereocenters. The Labute approximate surface area is 188 Å². The van der Waals surface area contributed by atoms with E-state index in [1.807, 2.05) is 0 Å². The van der Waals surface area contributed by atoms with Gasteiger partial charge in [-0.1, -0.05) is 31.2 Å². The lowest BCUT2D eigenvalue weighted by Crippen LogP contribution is -2.53. The summed E-state index contributed by atoms with van der Waals surface area (Å²) in [5, 5.41) is 3.51. The van der Waals surface area contributed by atoms with Crippen LogP contribution < -0.4 is 5.32 Å². The molecule has 31 heavy (non-hydrogen) atoms. The number of piperidine rings is 1. The Morgan fingerprint density at radius 2 is 1.87 bits per heavy atom. The van der Waals surface area contributed by atoms with Gasteiger partial charge in [-0.15, -0.1) is 0 Å². The molecule has 0 saturated carbocycles. The molecule has 4 rings (SSSR count). The van der Waals surface area contributed by atoms with Crippen LogP contribution in [0.3, 0.4) is 0 Å². The number of likely N-dealkylation sites (tertiary alicyclic amines) is 1. The highest BCUT2D eigenvalue weighted by Gasteiger charge is 2.32. The fourth-order valence-corrected chi connectivity index (χ4v) is 5.11. The largest absolute Gasteiger partial charge is 0.375 e. The number of nitrogens with zero attached hydrogens (tertiary/aromatic N) is 3. The van der Waals surface area contributed by atoms with Crippen LogP contribution in [-0.4, -0.2) is 73.9 Å². The molecule has 3 aliphatic heterocycles. The highest BCUT2D eigenvalue weighted by molar-refractivity contribution is 5.80. The number of rotatable bonds is 6. The van der Waals surface area contributed by atoms with Crippen LogP contribution in [0.15, 0.2) is 29.3 Å². The van der Waals surface area contributed by atoms with Gasteiger partial charge in [-0.25, -0.2) is 4.99 Å². The molecule has 3 unspecified atom stereocenters. The minimum Gasteiger partial charge on any atom is -0.375 e. The zero-order chi connectivity index (χ0) is 21.5. The first kappa shape index (κ1) is 22.6. The van der Waals surface area contributed by atoms with Crippen molar-refractivity contribution in [1.29, 1.82) is 0 Å². The van der Waals surface area contributed by atoms with E-state index < -0.39 is 0 Å². The monoisotopic (exact) mass is 428 g/mol. The number of ether oxygens (including phenoxy) is 2. The molecule has 0 bridgehead atoms. The molecule has 0 amide bonds. The highest BCUT2D eigenvalue weighted by atomic mass is 16.5. The second-order valence-corrected chi connectivity index (χ2v) is 9.33. The minimum absolute atomic E-state index is 0.147. The Morgan fingerprint density at radius 1 is 1.03 bits per heavy atom. The van der Waals surface area contributed by atoms with Crippen LogP contribution in [0.1, 0.15) is 50.7 Å². The van der Waals surface area contributed by atoms with E-state index >= 15 is 0 Å². The number of benzene rings is 1. The maximum Gasteiger partial charge on any atom is 0.194 e. The Kier molecular flexibility index (Phi) is 8.22. The molecule has 1 N–H and O–H groups in total. The third-order valence-electron chi connectivity index (χ3n) is 6.76. The number of nitrogens with one attached hydrogen (secondary N) is 1. The molecule has 6 heteroatoms. The summed E-state index contributed by atoms with van der Waals surface area (Å²) in [6.45, 7) is 12.9. The van der Waals surface area contributed by atoms with Crippen LogP contribution in [0.4, 0.5) is 0 Å².